The lowest BCUT2D eigenvalue weighted by Gasteiger charge is -2.03. The van der Waals surface area contributed by atoms with E-state index >= 15 is 0 Å². The van der Waals surface area contributed by atoms with E-state index in [1.807, 2.05) is 0 Å². The molecule has 0 aromatic rings. The summed E-state index contributed by atoms with van der Waals surface area (Å²) < 4.78 is 0. The molecule has 0 aliphatic carbocycles. The van der Waals surface area contributed by atoms with Crippen molar-refractivity contribution in [3.8, 4) is 0 Å². The van der Waals surface area contributed by atoms with Gasteiger partial charge in [0.1, 0.15) is 6.61 Å². The maximum absolute atomic E-state index is 10.4. The van der Waals surface area contributed by atoms with Crippen LogP contribution in [0.4, 0.5) is 0 Å². The summed E-state index contributed by atoms with van der Waals surface area (Å²) in [5.74, 6) is -0.312. The molecule has 0 radical (unpaired) electrons. The van der Waals surface area contributed by atoms with Crippen molar-refractivity contribution in [3.63, 3.8) is 0 Å². The lowest BCUT2D eigenvalue weighted by Crippen LogP contribution is -2.15. The highest BCUT2D eigenvalue weighted by molar-refractivity contribution is 5.79. The smallest absolute Gasteiger partial charge is 0.158 e. The Morgan fingerprint density at radius 2 is 2.00 bits per heavy atom. The van der Waals surface area contributed by atoms with Gasteiger partial charge in [-0.15, -0.1) is 0 Å². The summed E-state index contributed by atoms with van der Waals surface area (Å²) in [6.07, 6.45) is -0.496. The van der Waals surface area contributed by atoms with E-state index in [-0.39, 0.29) is 25.2 Å². The molecule has 4 heteroatoms. The summed E-state index contributed by atoms with van der Waals surface area (Å²) in [5.41, 5.74) is 0. The number of aliphatic hydroxyl groups is 3. The predicted octanol–water partition coefficient (Wildman–Crippen LogP) is -1.32. The van der Waals surface area contributed by atoms with Crippen molar-refractivity contribution in [2.75, 3.05) is 13.2 Å². The quantitative estimate of drug-likeness (QED) is 0.452. The average molecular weight is 148 g/mol. The van der Waals surface area contributed by atoms with Crippen LogP contribution in [0.25, 0.3) is 0 Å². The molecule has 4 nitrogen and oxygen atoms in total. The van der Waals surface area contributed by atoms with Gasteiger partial charge >= 0.3 is 0 Å². The minimum absolute atomic E-state index is 0.123. The van der Waals surface area contributed by atoms with Crippen LogP contribution in [-0.2, 0) is 4.79 Å². The highest BCUT2D eigenvalue weighted by atomic mass is 16.3. The third-order valence-electron chi connectivity index (χ3n) is 1.14. The predicted molar refractivity (Wildman–Crippen MR) is 34.4 cm³/mol. The van der Waals surface area contributed by atoms with Crippen LogP contribution in [0.3, 0.4) is 0 Å². The van der Waals surface area contributed by atoms with E-state index in [0.29, 0.717) is 0 Å². The number of Topliss-reactive ketones (excluding diaryl/α,β-unsaturated/α-hetero) is 1. The molecular weight excluding hydrogens is 136 g/mol. The second-order valence-corrected chi connectivity index (χ2v) is 2.07. The van der Waals surface area contributed by atoms with Crippen molar-refractivity contribution in [2.24, 2.45) is 0 Å². The molecule has 60 valence electrons. The van der Waals surface area contributed by atoms with E-state index < -0.39 is 12.7 Å². The zero-order chi connectivity index (χ0) is 7.98. The zero-order valence-corrected chi connectivity index (χ0v) is 5.66. The molecule has 0 aliphatic rings. The number of hydrogen-bond donors (Lipinski definition) is 3. The van der Waals surface area contributed by atoms with Gasteiger partial charge in [-0.1, -0.05) is 0 Å². The SMILES string of the molecule is O=C(CO)CC[C@@H](O)CO. The largest absolute Gasteiger partial charge is 0.394 e. The highest BCUT2D eigenvalue weighted by Gasteiger charge is 2.05. The van der Waals surface area contributed by atoms with Crippen LogP contribution in [0.1, 0.15) is 12.8 Å². The van der Waals surface area contributed by atoms with Gasteiger partial charge in [-0.3, -0.25) is 4.79 Å². The molecule has 0 amide bonds. The molecule has 0 spiro atoms. The monoisotopic (exact) mass is 148 g/mol. The number of ketones is 1. The lowest BCUT2D eigenvalue weighted by molar-refractivity contribution is -0.122. The van der Waals surface area contributed by atoms with Crippen LogP contribution in [0.15, 0.2) is 0 Å². The fourth-order valence-electron chi connectivity index (χ4n) is 0.498. The third-order valence-corrected chi connectivity index (χ3v) is 1.14. The Bertz CT molecular complexity index is 102. The third kappa shape index (κ3) is 4.43. The first-order valence-electron chi connectivity index (χ1n) is 3.12. The molecule has 10 heavy (non-hydrogen) atoms. The first kappa shape index (κ1) is 9.55. The van der Waals surface area contributed by atoms with Gasteiger partial charge in [-0.05, 0) is 6.42 Å². The summed E-state index contributed by atoms with van der Waals surface area (Å²) in [4.78, 5) is 10.4. The molecule has 0 bridgehead atoms. The molecule has 3 N–H and O–H groups in total. The topological polar surface area (TPSA) is 77.8 Å². The Labute approximate surface area is 59.1 Å². The number of aliphatic hydroxyl groups excluding tert-OH is 3. The average Bonchev–Trinajstić information content (AvgIpc) is 1.99. The molecule has 0 aromatic carbocycles. The van der Waals surface area contributed by atoms with Gasteiger partial charge < -0.3 is 15.3 Å². The fourth-order valence-corrected chi connectivity index (χ4v) is 0.498. The number of carbonyl (C=O) groups is 1. The van der Waals surface area contributed by atoms with Crippen LogP contribution < -0.4 is 0 Å². The van der Waals surface area contributed by atoms with Gasteiger partial charge in [0.2, 0.25) is 0 Å². The molecule has 0 saturated heterocycles. The molecule has 0 aromatic heterocycles. The summed E-state index contributed by atoms with van der Waals surface area (Å²) in [5, 5.41) is 25.2. The summed E-state index contributed by atoms with van der Waals surface area (Å²) >= 11 is 0. The van der Waals surface area contributed by atoms with Crippen LogP contribution in [-0.4, -0.2) is 40.4 Å². The maximum Gasteiger partial charge on any atom is 0.158 e. The first-order chi connectivity index (χ1) is 4.70. The van der Waals surface area contributed by atoms with E-state index in [0.717, 1.165) is 0 Å². The van der Waals surface area contributed by atoms with Gasteiger partial charge in [0.15, 0.2) is 5.78 Å². The summed E-state index contributed by atoms with van der Waals surface area (Å²) in [6.45, 7) is -0.823. The van der Waals surface area contributed by atoms with Crippen LogP contribution in [0.2, 0.25) is 0 Å². The van der Waals surface area contributed by atoms with Crippen molar-refractivity contribution in [3.05, 3.63) is 0 Å². The molecule has 0 aliphatic heterocycles. The number of hydrogen-bond acceptors (Lipinski definition) is 4. The van der Waals surface area contributed by atoms with Gasteiger partial charge in [-0.2, -0.15) is 0 Å². The van der Waals surface area contributed by atoms with E-state index in [9.17, 15) is 4.79 Å². The van der Waals surface area contributed by atoms with Crippen molar-refractivity contribution >= 4 is 5.78 Å². The van der Waals surface area contributed by atoms with E-state index in [1.165, 1.54) is 0 Å². The zero-order valence-electron chi connectivity index (χ0n) is 5.66. The fraction of sp³-hybridized carbons (Fsp3) is 0.833. The Morgan fingerprint density at radius 1 is 1.40 bits per heavy atom. The number of carbonyl (C=O) groups excluding carboxylic acids is 1. The van der Waals surface area contributed by atoms with Crippen LogP contribution in [0.5, 0.6) is 0 Å². The Hall–Kier alpha value is -0.450. The summed E-state index contributed by atoms with van der Waals surface area (Å²) in [6, 6.07) is 0. The van der Waals surface area contributed by atoms with E-state index in [1.54, 1.807) is 0 Å². The molecule has 0 fully saturated rings. The van der Waals surface area contributed by atoms with Crippen LogP contribution >= 0.6 is 0 Å². The molecule has 1 atom stereocenters. The van der Waals surface area contributed by atoms with Gasteiger partial charge in [0.25, 0.3) is 0 Å². The summed E-state index contributed by atoms with van der Waals surface area (Å²) in [7, 11) is 0. The molecular formula is C6H12O4. The van der Waals surface area contributed by atoms with Gasteiger partial charge in [0.05, 0.1) is 12.7 Å². The van der Waals surface area contributed by atoms with Crippen LogP contribution in [0, 0.1) is 0 Å². The van der Waals surface area contributed by atoms with Crippen molar-refractivity contribution in [1.29, 1.82) is 0 Å². The normalized spacial score (nSPS) is 13.1. The molecule has 0 heterocycles. The first-order valence-corrected chi connectivity index (χ1v) is 3.12. The minimum Gasteiger partial charge on any atom is -0.394 e. The standard InChI is InChI=1S/C6H12O4/c7-3-5(9)1-2-6(10)4-8/h5,7-9H,1-4H2/t5-/m1/s1. The number of rotatable bonds is 5. The van der Waals surface area contributed by atoms with Crippen molar-refractivity contribution < 1.29 is 20.1 Å². The minimum atomic E-state index is -0.838. The molecule has 0 unspecified atom stereocenters. The Morgan fingerprint density at radius 3 is 2.40 bits per heavy atom. The van der Waals surface area contributed by atoms with Crippen molar-refractivity contribution in [2.45, 2.75) is 18.9 Å². The molecule has 0 rings (SSSR count). The maximum atomic E-state index is 10.4. The second kappa shape index (κ2) is 5.34. The molecule has 0 saturated carbocycles. The Balaban J connectivity index is 3.26. The lowest BCUT2D eigenvalue weighted by atomic mass is 10.1. The van der Waals surface area contributed by atoms with E-state index in [4.69, 9.17) is 15.3 Å². The van der Waals surface area contributed by atoms with E-state index in [2.05, 4.69) is 0 Å². The highest BCUT2D eigenvalue weighted by Crippen LogP contribution is 1.95. The van der Waals surface area contributed by atoms with Crippen molar-refractivity contribution in [1.82, 2.24) is 0 Å². The second-order valence-electron chi connectivity index (χ2n) is 2.07. The Kier molecular flexibility index (Phi) is 5.10. The van der Waals surface area contributed by atoms with Gasteiger partial charge in [0, 0.05) is 6.42 Å². The van der Waals surface area contributed by atoms with Gasteiger partial charge in [-0.25, -0.2) is 0 Å².